The van der Waals surface area contributed by atoms with Gasteiger partial charge in [-0.25, -0.2) is 13.8 Å². The molecule has 0 atom stereocenters. The van der Waals surface area contributed by atoms with Gasteiger partial charge in [0, 0.05) is 24.4 Å². The Kier molecular flexibility index (Phi) is 8.21. The molecular weight excluding hydrogens is 340 g/mol. The maximum absolute atomic E-state index is 13.3. The summed E-state index contributed by atoms with van der Waals surface area (Å²) < 4.78 is 32.0. The van der Waals surface area contributed by atoms with Crippen molar-refractivity contribution in [2.24, 2.45) is 4.99 Å². The van der Waals surface area contributed by atoms with E-state index in [1.54, 1.807) is 13.0 Å². The number of hydrogen-bond acceptors (Lipinski definition) is 4. The van der Waals surface area contributed by atoms with Gasteiger partial charge >= 0.3 is 0 Å². The third kappa shape index (κ3) is 7.29. The summed E-state index contributed by atoms with van der Waals surface area (Å²) in [6.07, 6.45) is 4.41. The van der Waals surface area contributed by atoms with Crippen LogP contribution < -0.4 is 10.6 Å². The van der Waals surface area contributed by atoms with Crippen LogP contribution in [0.1, 0.15) is 19.4 Å². The lowest BCUT2D eigenvalue weighted by molar-refractivity contribution is -0.116. The van der Waals surface area contributed by atoms with Gasteiger partial charge in [-0.3, -0.25) is 4.79 Å². The van der Waals surface area contributed by atoms with Gasteiger partial charge in [-0.15, -0.1) is 0 Å². The second kappa shape index (κ2) is 10.1. The van der Waals surface area contributed by atoms with Crippen molar-refractivity contribution < 1.29 is 18.3 Å². The zero-order valence-electron chi connectivity index (χ0n) is 14.9. The smallest absolute Gasteiger partial charge is 0.270 e. The number of amides is 1. The van der Waals surface area contributed by atoms with E-state index in [9.17, 15) is 13.6 Å². The number of ether oxygens (including phenoxy) is 1. The summed E-state index contributed by atoms with van der Waals surface area (Å²) >= 11 is 0. The molecule has 1 aromatic carbocycles. The lowest BCUT2D eigenvalue weighted by Gasteiger charge is -2.15. The molecule has 26 heavy (non-hydrogen) atoms. The fraction of sp³-hybridized carbons (Fsp3) is 0.263. The minimum atomic E-state index is -2.90. The van der Waals surface area contributed by atoms with Crippen molar-refractivity contribution in [3.63, 3.8) is 0 Å². The van der Waals surface area contributed by atoms with Gasteiger partial charge in [0.2, 0.25) is 11.8 Å². The van der Waals surface area contributed by atoms with E-state index >= 15 is 0 Å². The normalized spacial score (nSPS) is 11.9. The quantitative estimate of drug-likeness (QED) is 0.302. The summed E-state index contributed by atoms with van der Waals surface area (Å²) in [5, 5.41) is 5.53. The molecule has 0 radical (unpaired) electrons. The highest BCUT2D eigenvalue weighted by Crippen LogP contribution is 2.27. The molecule has 0 heterocycles. The number of benzene rings is 1. The maximum Gasteiger partial charge on any atom is 0.270 e. The molecule has 0 bridgehead atoms. The van der Waals surface area contributed by atoms with Gasteiger partial charge in [0.05, 0.1) is 12.2 Å². The summed E-state index contributed by atoms with van der Waals surface area (Å²) in [6, 6.07) is 5.72. The molecule has 0 aliphatic heterocycles. The highest BCUT2D eigenvalue weighted by Gasteiger charge is 2.23. The van der Waals surface area contributed by atoms with E-state index in [1.165, 1.54) is 36.5 Å². The molecule has 0 saturated heterocycles. The number of anilines is 1. The van der Waals surface area contributed by atoms with Gasteiger partial charge in [0.25, 0.3) is 5.92 Å². The molecule has 2 N–H and O–H groups in total. The molecule has 1 amide bonds. The first-order valence-electron chi connectivity index (χ1n) is 7.94. The molecule has 1 rings (SSSR count). The van der Waals surface area contributed by atoms with Crippen LogP contribution in [-0.2, 0) is 15.5 Å². The van der Waals surface area contributed by atoms with E-state index in [2.05, 4.69) is 28.8 Å². The van der Waals surface area contributed by atoms with E-state index in [4.69, 9.17) is 4.74 Å². The van der Waals surface area contributed by atoms with Crippen LogP contribution in [0.2, 0.25) is 0 Å². The average molecular weight is 363 g/mol. The van der Waals surface area contributed by atoms with Gasteiger partial charge < -0.3 is 15.4 Å². The molecule has 0 aliphatic carbocycles. The maximum atomic E-state index is 13.3. The minimum Gasteiger partial charge on any atom is -0.474 e. The molecule has 0 unspecified atom stereocenters. The van der Waals surface area contributed by atoms with E-state index in [0.717, 1.165) is 6.92 Å². The Bertz CT molecular complexity index is 690. The fourth-order valence-electron chi connectivity index (χ4n) is 1.81. The van der Waals surface area contributed by atoms with E-state index < -0.39 is 5.92 Å². The second-order valence-electron chi connectivity index (χ2n) is 5.33. The summed E-state index contributed by atoms with van der Waals surface area (Å²) in [5.41, 5.74) is 0.847. The zero-order chi connectivity index (χ0) is 19.6. The largest absolute Gasteiger partial charge is 0.474 e. The topological polar surface area (TPSA) is 62.7 Å². The van der Waals surface area contributed by atoms with E-state index in [1.807, 2.05) is 0 Å². The number of carbonyl (C=O) groups is 1. The van der Waals surface area contributed by atoms with E-state index in [0.29, 0.717) is 11.4 Å². The van der Waals surface area contributed by atoms with Crippen molar-refractivity contribution in [1.82, 2.24) is 5.32 Å². The Morgan fingerprint density at radius 3 is 2.54 bits per heavy atom. The predicted molar refractivity (Wildman–Crippen MR) is 100 cm³/mol. The van der Waals surface area contributed by atoms with Crippen LogP contribution in [0.15, 0.2) is 66.5 Å². The van der Waals surface area contributed by atoms with Gasteiger partial charge in [-0.1, -0.05) is 31.4 Å². The zero-order valence-corrected chi connectivity index (χ0v) is 14.9. The van der Waals surface area contributed by atoms with Crippen LogP contribution in [0, 0.1) is 0 Å². The molecule has 140 valence electrons. The molecule has 7 heteroatoms. The average Bonchev–Trinajstić information content (AvgIpc) is 2.60. The SMILES string of the molecule is C=CC(=O)NCCOC(=N/C=C\C)C(=C)Nc1ccc(C(C)(F)F)cc1. The van der Waals surface area contributed by atoms with Gasteiger partial charge in [0.1, 0.15) is 6.61 Å². The second-order valence-corrected chi connectivity index (χ2v) is 5.33. The Labute approximate surface area is 152 Å². The molecular formula is C19H23F2N3O2. The lowest BCUT2D eigenvalue weighted by atomic mass is 10.1. The number of allylic oxidation sites excluding steroid dienone is 1. The van der Waals surface area contributed by atoms with Crippen LogP contribution in [0.4, 0.5) is 14.5 Å². The van der Waals surface area contributed by atoms with Gasteiger partial charge in [-0.05, 0) is 25.1 Å². The molecule has 0 aromatic heterocycles. The van der Waals surface area contributed by atoms with Crippen molar-refractivity contribution >= 4 is 17.5 Å². The highest BCUT2D eigenvalue weighted by atomic mass is 19.3. The number of nitrogens with zero attached hydrogens (tertiary/aromatic N) is 1. The number of halogens is 2. The minimum absolute atomic E-state index is 0.0781. The van der Waals surface area contributed by atoms with Crippen LogP contribution in [-0.4, -0.2) is 25.0 Å². The number of rotatable bonds is 9. The third-order valence-corrected chi connectivity index (χ3v) is 3.11. The lowest BCUT2D eigenvalue weighted by Crippen LogP contribution is -2.27. The first-order chi connectivity index (χ1) is 12.3. The summed E-state index contributed by atoms with van der Waals surface area (Å²) in [6.45, 7) is 10.3. The molecule has 0 fully saturated rings. The van der Waals surface area contributed by atoms with Crippen LogP contribution >= 0.6 is 0 Å². The van der Waals surface area contributed by atoms with Crippen molar-refractivity contribution in [1.29, 1.82) is 0 Å². The summed E-state index contributed by atoms with van der Waals surface area (Å²) in [5.74, 6) is -2.97. The summed E-state index contributed by atoms with van der Waals surface area (Å²) in [4.78, 5) is 15.2. The van der Waals surface area contributed by atoms with Crippen LogP contribution in [0.5, 0.6) is 0 Å². The predicted octanol–water partition coefficient (Wildman–Crippen LogP) is 3.97. The van der Waals surface area contributed by atoms with Crippen molar-refractivity contribution in [2.45, 2.75) is 19.8 Å². The Balaban J connectivity index is 2.71. The van der Waals surface area contributed by atoms with E-state index in [-0.39, 0.29) is 30.5 Å². The fourth-order valence-corrected chi connectivity index (χ4v) is 1.81. The Hall–Kier alpha value is -2.96. The van der Waals surface area contributed by atoms with Crippen molar-refractivity contribution in [3.05, 3.63) is 67.0 Å². The first kappa shape index (κ1) is 21.1. The Morgan fingerprint density at radius 1 is 1.35 bits per heavy atom. The molecule has 5 nitrogen and oxygen atoms in total. The molecule has 1 aromatic rings. The molecule has 0 saturated carbocycles. The Morgan fingerprint density at radius 2 is 2.00 bits per heavy atom. The molecule has 0 aliphatic rings. The molecule has 0 spiro atoms. The number of nitrogens with one attached hydrogen (secondary N) is 2. The highest BCUT2D eigenvalue weighted by molar-refractivity contribution is 5.96. The number of alkyl halides is 2. The number of aliphatic imine (C=N–C) groups is 1. The monoisotopic (exact) mass is 363 g/mol. The van der Waals surface area contributed by atoms with Crippen molar-refractivity contribution in [3.8, 4) is 0 Å². The van der Waals surface area contributed by atoms with Crippen LogP contribution in [0.25, 0.3) is 0 Å². The van der Waals surface area contributed by atoms with Gasteiger partial charge in [0.15, 0.2) is 0 Å². The van der Waals surface area contributed by atoms with Gasteiger partial charge in [-0.2, -0.15) is 0 Å². The summed E-state index contributed by atoms with van der Waals surface area (Å²) in [7, 11) is 0. The van der Waals surface area contributed by atoms with Crippen LogP contribution in [0.3, 0.4) is 0 Å². The standard InChI is InChI=1S/C19H23F2N3O2/c1-5-11-23-18(26-13-12-22-17(25)6-2)14(3)24-16-9-7-15(8-10-16)19(4,20)21/h5-11,24H,2-3,12-13H2,1,4H3,(H,22,25)/b11-5-,23-18?. The first-order valence-corrected chi connectivity index (χ1v) is 7.94. The number of carbonyl (C=O) groups excluding carboxylic acids is 1. The third-order valence-electron chi connectivity index (χ3n) is 3.11. The number of hydrogen-bond donors (Lipinski definition) is 2. The van der Waals surface area contributed by atoms with Crippen molar-refractivity contribution in [2.75, 3.05) is 18.5 Å².